The molecule has 112 valence electrons. The van der Waals surface area contributed by atoms with Crippen molar-refractivity contribution in [2.45, 2.75) is 26.1 Å². The minimum atomic E-state index is -0.862. The zero-order valence-corrected chi connectivity index (χ0v) is 12.5. The first-order valence-corrected chi connectivity index (χ1v) is 6.43. The van der Waals surface area contributed by atoms with Gasteiger partial charge in [0.25, 0.3) is 5.91 Å². The molecule has 0 spiro atoms. The van der Waals surface area contributed by atoms with Crippen molar-refractivity contribution in [3.63, 3.8) is 0 Å². The van der Waals surface area contributed by atoms with E-state index >= 15 is 0 Å². The third-order valence-corrected chi connectivity index (χ3v) is 2.71. The van der Waals surface area contributed by atoms with E-state index in [0.29, 0.717) is 11.3 Å². The summed E-state index contributed by atoms with van der Waals surface area (Å²) in [5.74, 6) is -0.471. The molecule has 2 atom stereocenters. The topological polar surface area (TPSA) is 79.6 Å². The van der Waals surface area contributed by atoms with Crippen LogP contribution in [0.2, 0.25) is 0 Å². The predicted octanol–water partition coefficient (Wildman–Crippen LogP) is 1.35. The highest BCUT2D eigenvalue weighted by molar-refractivity contribution is 5.84. The van der Waals surface area contributed by atoms with Gasteiger partial charge in [0.15, 0.2) is 12.2 Å². The highest BCUT2D eigenvalue weighted by Gasteiger charge is 2.24. The van der Waals surface area contributed by atoms with Crippen molar-refractivity contribution in [2.24, 2.45) is 0 Å². The minimum absolute atomic E-state index is 0.297. The van der Waals surface area contributed by atoms with E-state index in [1.54, 1.807) is 38.4 Å². The quantitative estimate of drug-likeness (QED) is 0.765. The van der Waals surface area contributed by atoms with E-state index in [2.05, 4.69) is 0 Å². The summed E-state index contributed by atoms with van der Waals surface area (Å²) in [6.45, 7) is 3.04. The van der Waals surface area contributed by atoms with Gasteiger partial charge >= 0.3 is 5.97 Å². The fraction of sp³-hybridized carbons (Fsp3) is 0.400. The van der Waals surface area contributed by atoms with Gasteiger partial charge in [0, 0.05) is 14.1 Å². The molecule has 0 heterocycles. The van der Waals surface area contributed by atoms with Crippen LogP contribution in [0.25, 0.3) is 0 Å². The Labute approximate surface area is 123 Å². The van der Waals surface area contributed by atoms with Crippen molar-refractivity contribution >= 4 is 11.9 Å². The van der Waals surface area contributed by atoms with E-state index < -0.39 is 18.2 Å². The van der Waals surface area contributed by atoms with Gasteiger partial charge in [-0.1, -0.05) is 0 Å². The first-order valence-electron chi connectivity index (χ1n) is 6.43. The molecule has 6 nitrogen and oxygen atoms in total. The van der Waals surface area contributed by atoms with Gasteiger partial charge in [0.2, 0.25) is 0 Å². The lowest BCUT2D eigenvalue weighted by Gasteiger charge is -2.20. The van der Waals surface area contributed by atoms with Crippen LogP contribution in [-0.4, -0.2) is 43.1 Å². The molecule has 1 rings (SSSR count). The molecule has 0 N–H and O–H groups in total. The molecule has 0 aromatic heterocycles. The van der Waals surface area contributed by atoms with Gasteiger partial charge in [0.05, 0.1) is 11.6 Å². The van der Waals surface area contributed by atoms with Crippen LogP contribution in [0, 0.1) is 11.3 Å². The Bertz CT molecular complexity index is 546. The summed E-state index contributed by atoms with van der Waals surface area (Å²) < 4.78 is 10.5. The molecule has 0 aliphatic carbocycles. The number of carbonyl (C=O) groups excluding carboxylic acids is 2. The van der Waals surface area contributed by atoms with E-state index in [9.17, 15) is 9.59 Å². The van der Waals surface area contributed by atoms with Crippen molar-refractivity contribution in [3.8, 4) is 11.8 Å². The van der Waals surface area contributed by atoms with Crippen molar-refractivity contribution in [2.75, 3.05) is 14.1 Å². The predicted molar refractivity (Wildman–Crippen MR) is 75.5 cm³/mol. The molecule has 0 unspecified atom stereocenters. The molecule has 0 fully saturated rings. The Morgan fingerprint density at radius 2 is 1.71 bits per heavy atom. The van der Waals surface area contributed by atoms with Gasteiger partial charge in [-0.2, -0.15) is 5.26 Å². The van der Waals surface area contributed by atoms with E-state index in [1.165, 1.54) is 18.7 Å². The number of hydrogen-bond acceptors (Lipinski definition) is 5. The number of amides is 1. The monoisotopic (exact) mass is 290 g/mol. The first kappa shape index (κ1) is 16.5. The van der Waals surface area contributed by atoms with E-state index in [1.807, 2.05) is 6.07 Å². The number of esters is 1. The average Bonchev–Trinajstić information content (AvgIpc) is 2.46. The van der Waals surface area contributed by atoms with Crippen LogP contribution in [0.1, 0.15) is 19.4 Å². The lowest BCUT2D eigenvalue weighted by atomic mass is 10.2. The average molecular weight is 290 g/mol. The zero-order valence-electron chi connectivity index (χ0n) is 12.5. The Kier molecular flexibility index (Phi) is 5.73. The van der Waals surface area contributed by atoms with Gasteiger partial charge in [-0.25, -0.2) is 4.79 Å². The van der Waals surface area contributed by atoms with Crippen molar-refractivity contribution in [3.05, 3.63) is 29.8 Å². The number of benzene rings is 1. The zero-order chi connectivity index (χ0) is 16.0. The summed E-state index contributed by atoms with van der Waals surface area (Å²) in [6, 6.07) is 8.36. The third kappa shape index (κ3) is 4.80. The van der Waals surface area contributed by atoms with E-state index in [0.717, 1.165) is 0 Å². The Hall–Kier alpha value is -2.55. The van der Waals surface area contributed by atoms with Crippen molar-refractivity contribution < 1.29 is 19.1 Å². The molecule has 0 aliphatic rings. The van der Waals surface area contributed by atoms with E-state index in [4.69, 9.17) is 14.7 Å². The smallest absolute Gasteiger partial charge is 0.347 e. The molecular formula is C15H18N2O4. The Morgan fingerprint density at radius 1 is 1.14 bits per heavy atom. The molecule has 21 heavy (non-hydrogen) atoms. The second-order valence-corrected chi connectivity index (χ2v) is 4.71. The summed E-state index contributed by atoms with van der Waals surface area (Å²) in [4.78, 5) is 24.8. The van der Waals surface area contributed by atoms with Crippen LogP contribution in [0.4, 0.5) is 0 Å². The third-order valence-electron chi connectivity index (χ3n) is 2.71. The maximum absolute atomic E-state index is 11.8. The fourth-order valence-electron chi connectivity index (χ4n) is 1.54. The molecule has 0 radical (unpaired) electrons. The summed E-state index contributed by atoms with van der Waals surface area (Å²) in [5, 5.41) is 8.69. The van der Waals surface area contributed by atoms with Crippen LogP contribution in [0.15, 0.2) is 24.3 Å². The number of ether oxygens (including phenoxy) is 2. The SMILES string of the molecule is C[C@H](Oc1ccc(C#N)cc1)C(=O)O[C@H](C)C(=O)N(C)C. The Morgan fingerprint density at radius 3 is 2.19 bits per heavy atom. The maximum Gasteiger partial charge on any atom is 0.347 e. The molecular weight excluding hydrogens is 272 g/mol. The van der Waals surface area contributed by atoms with Crippen LogP contribution in [0.5, 0.6) is 5.75 Å². The number of rotatable bonds is 5. The molecule has 0 aliphatic heterocycles. The van der Waals surface area contributed by atoms with Crippen LogP contribution >= 0.6 is 0 Å². The summed E-state index contributed by atoms with van der Waals surface area (Å²) in [5.41, 5.74) is 0.503. The highest BCUT2D eigenvalue weighted by Crippen LogP contribution is 2.14. The molecule has 0 bridgehead atoms. The first-order chi connectivity index (χ1) is 9.85. The van der Waals surface area contributed by atoms with Crippen LogP contribution in [-0.2, 0) is 14.3 Å². The van der Waals surface area contributed by atoms with E-state index in [-0.39, 0.29) is 5.91 Å². The van der Waals surface area contributed by atoms with Gasteiger partial charge in [-0.3, -0.25) is 4.79 Å². The lowest BCUT2D eigenvalue weighted by molar-refractivity contribution is -0.163. The summed E-state index contributed by atoms with van der Waals surface area (Å²) in [6.07, 6.45) is -1.71. The molecule has 1 aromatic rings. The van der Waals surface area contributed by atoms with Gasteiger partial charge in [-0.15, -0.1) is 0 Å². The number of likely N-dealkylation sites (N-methyl/N-ethyl adjacent to an activating group) is 1. The molecule has 0 saturated heterocycles. The molecule has 0 saturated carbocycles. The largest absolute Gasteiger partial charge is 0.479 e. The lowest BCUT2D eigenvalue weighted by Crippen LogP contribution is -2.38. The van der Waals surface area contributed by atoms with Crippen LogP contribution in [0.3, 0.4) is 0 Å². The molecule has 6 heteroatoms. The van der Waals surface area contributed by atoms with Crippen LogP contribution < -0.4 is 4.74 Å². The Balaban J connectivity index is 2.58. The number of nitriles is 1. The normalized spacial score (nSPS) is 12.7. The van der Waals surface area contributed by atoms with Crippen molar-refractivity contribution in [1.82, 2.24) is 4.90 Å². The standard InChI is InChI=1S/C15H18N2O4/c1-10(14(18)17(3)4)21-15(19)11(2)20-13-7-5-12(9-16)6-8-13/h5-8,10-11H,1-4H3/t10-,11+/m1/s1. The highest BCUT2D eigenvalue weighted by atomic mass is 16.6. The van der Waals surface area contributed by atoms with Gasteiger partial charge < -0.3 is 14.4 Å². The van der Waals surface area contributed by atoms with Crippen molar-refractivity contribution in [1.29, 1.82) is 5.26 Å². The fourth-order valence-corrected chi connectivity index (χ4v) is 1.54. The molecule has 1 amide bonds. The second-order valence-electron chi connectivity index (χ2n) is 4.71. The van der Waals surface area contributed by atoms with Gasteiger partial charge in [0.1, 0.15) is 5.75 Å². The summed E-state index contributed by atoms with van der Waals surface area (Å²) in [7, 11) is 3.17. The summed E-state index contributed by atoms with van der Waals surface area (Å²) >= 11 is 0. The van der Waals surface area contributed by atoms with Gasteiger partial charge in [-0.05, 0) is 38.1 Å². The number of carbonyl (C=O) groups is 2. The minimum Gasteiger partial charge on any atom is -0.479 e. The number of nitrogens with zero attached hydrogens (tertiary/aromatic N) is 2. The maximum atomic E-state index is 11.8. The molecule has 1 aromatic carbocycles. The second kappa shape index (κ2) is 7.29. The number of hydrogen-bond donors (Lipinski definition) is 0.